The summed E-state index contributed by atoms with van der Waals surface area (Å²) in [6.45, 7) is 1.33. The van der Waals surface area contributed by atoms with Gasteiger partial charge in [-0.15, -0.1) is 0 Å². The molecule has 8 heteroatoms. The molecule has 0 heterocycles. The molecule has 1 aromatic rings. The molecule has 23 heavy (non-hydrogen) atoms. The molecule has 0 radical (unpaired) electrons. The van der Waals surface area contributed by atoms with E-state index in [1.54, 1.807) is 18.2 Å². The van der Waals surface area contributed by atoms with E-state index in [1.165, 1.54) is 6.92 Å². The zero-order chi connectivity index (χ0) is 17.4. The highest BCUT2D eigenvalue weighted by molar-refractivity contribution is 9.10. The van der Waals surface area contributed by atoms with Gasteiger partial charge in [0.05, 0.1) is 27.4 Å². The number of carbonyl (C=O) groups is 2. The van der Waals surface area contributed by atoms with Crippen LogP contribution in [0.25, 0.3) is 0 Å². The number of allylic oxidation sites excluding steroid dienone is 1. The number of carboxylic acids is 2. The first kappa shape index (κ1) is 17.5. The van der Waals surface area contributed by atoms with Gasteiger partial charge in [0.2, 0.25) is 0 Å². The molecule has 1 atom stereocenters. The summed E-state index contributed by atoms with van der Waals surface area (Å²) in [7, 11) is 0. The second-order valence-corrected chi connectivity index (χ2v) is 6.63. The summed E-state index contributed by atoms with van der Waals surface area (Å²) in [4.78, 5) is 22.6. The number of hydrogen-bond acceptors (Lipinski definition) is 3. The number of aliphatic carboxylic acids is 2. The Balaban J connectivity index is 2.49. The summed E-state index contributed by atoms with van der Waals surface area (Å²) in [5.41, 5.74) is -2.03. The molecule has 3 N–H and O–H groups in total. The normalized spacial score (nSPS) is 21.0. The van der Waals surface area contributed by atoms with E-state index in [0.717, 1.165) is 6.08 Å². The molecule has 122 valence electrons. The summed E-state index contributed by atoms with van der Waals surface area (Å²) >= 11 is 9.27. The molecule has 0 aromatic heterocycles. The van der Waals surface area contributed by atoms with Gasteiger partial charge in [-0.05, 0) is 31.2 Å². The minimum atomic E-state index is -1.53. The van der Waals surface area contributed by atoms with Gasteiger partial charge in [-0.2, -0.15) is 0 Å². The first-order valence-electron chi connectivity index (χ1n) is 6.44. The van der Waals surface area contributed by atoms with Gasteiger partial charge in [-0.25, -0.2) is 9.18 Å². The van der Waals surface area contributed by atoms with Crippen molar-refractivity contribution in [3.8, 4) is 0 Å². The Morgan fingerprint density at radius 3 is 2.57 bits per heavy atom. The zero-order valence-corrected chi connectivity index (χ0v) is 14.2. The van der Waals surface area contributed by atoms with E-state index in [9.17, 15) is 19.1 Å². The van der Waals surface area contributed by atoms with Crippen LogP contribution in [0.3, 0.4) is 0 Å². The average molecular weight is 405 g/mol. The van der Waals surface area contributed by atoms with E-state index in [2.05, 4.69) is 21.2 Å². The van der Waals surface area contributed by atoms with Crippen LogP contribution in [0, 0.1) is 5.41 Å². The summed E-state index contributed by atoms with van der Waals surface area (Å²) in [5, 5.41) is 21.4. The molecule has 0 saturated heterocycles. The lowest BCUT2D eigenvalue weighted by atomic mass is 9.78. The van der Waals surface area contributed by atoms with Gasteiger partial charge in [0, 0.05) is 10.9 Å². The lowest BCUT2D eigenvalue weighted by Gasteiger charge is -2.28. The average Bonchev–Trinajstić information content (AvgIpc) is 2.45. The summed E-state index contributed by atoms with van der Waals surface area (Å²) in [6, 6.07) is 4.80. The molecule has 0 aliphatic heterocycles. The molecule has 1 aliphatic rings. The van der Waals surface area contributed by atoms with Crippen molar-refractivity contribution in [1.29, 1.82) is 0 Å². The highest BCUT2D eigenvalue weighted by Crippen LogP contribution is 2.39. The third-order valence-electron chi connectivity index (χ3n) is 3.46. The smallest absolute Gasteiger partial charge is 0.334 e. The Morgan fingerprint density at radius 1 is 1.39 bits per heavy atom. The third kappa shape index (κ3) is 3.56. The molecular formula is C15H12BrClFNO4. The van der Waals surface area contributed by atoms with Crippen LogP contribution in [0.15, 0.2) is 45.8 Å². The van der Waals surface area contributed by atoms with Crippen molar-refractivity contribution in [3.05, 3.63) is 50.9 Å². The molecule has 1 unspecified atom stereocenters. The first-order valence-corrected chi connectivity index (χ1v) is 7.62. The predicted octanol–water partition coefficient (Wildman–Crippen LogP) is 4.20. The topological polar surface area (TPSA) is 86.6 Å². The molecule has 2 rings (SSSR count). The molecule has 0 amide bonds. The molecule has 0 spiro atoms. The maximum atomic E-state index is 14.4. The van der Waals surface area contributed by atoms with Crippen LogP contribution in [0.4, 0.5) is 10.1 Å². The standard InChI is InChI=1S/C15H12BrClFNO4/c1-15(14(22)23)5-8(13(20)21)12(18)11(6-15)19-10-3-2-7(16)4-9(10)17/h2-4,6,19H,5H2,1H3,(H,20,21)(H,22,23). The Morgan fingerprint density at radius 2 is 2.04 bits per heavy atom. The number of carboxylic acid groups (broad SMARTS) is 2. The second-order valence-electron chi connectivity index (χ2n) is 5.30. The number of rotatable bonds is 4. The second kappa shape index (κ2) is 6.33. The largest absolute Gasteiger partial charge is 0.481 e. The number of hydrogen-bond donors (Lipinski definition) is 3. The lowest BCUT2D eigenvalue weighted by Crippen LogP contribution is -2.32. The highest BCUT2D eigenvalue weighted by Gasteiger charge is 2.40. The van der Waals surface area contributed by atoms with Crippen LogP contribution in [0.1, 0.15) is 13.3 Å². The Kier molecular flexibility index (Phi) is 4.81. The number of benzene rings is 1. The van der Waals surface area contributed by atoms with Crippen LogP contribution in [0.2, 0.25) is 5.02 Å². The van der Waals surface area contributed by atoms with Crippen molar-refractivity contribution in [2.45, 2.75) is 13.3 Å². The summed E-state index contributed by atoms with van der Waals surface area (Å²) < 4.78 is 15.1. The van der Waals surface area contributed by atoms with E-state index in [4.69, 9.17) is 16.7 Å². The molecule has 0 saturated carbocycles. The number of anilines is 1. The fraction of sp³-hybridized carbons (Fsp3) is 0.200. The van der Waals surface area contributed by atoms with Gasteiger partial charge in [-0.1, -0.05) is 27.5 Å². The minimum Gasteiger partial charge on any atom is -0.481 e. The molecule has 5 nitrogen and oxygen atoms in total. The third-order valence-corrected chi connectivity index (χ3v) is 4.26. The van der Waals surface area contributed by atoms with Crippen molar-refractivity contribution >= 4 is 45.2 Å². The van der Waals surface area contributed by atoms with Gasteiger partial charge in [0.1, 0.15) is 0 Å². The van der Waals surface area contributed by atoms with E-state index in [-0.39, 0.29) is 10.7 Å². The molecule has 1 aromatic carbocycles. The maximum absolute atomic E-state index is 14.4. The fourth-order valence-electron chi connectivity index (χ4n) is 2.17. The van der Waals surface area contributed by atoms with Crippen molar-refractivity contribution in [2.75, 3.05) is 5.32 Å². The van der Waals surface area contributed by atoms with Gasteiger partial charge in [0.15, 0.2) is 5.83 Å². The van der Waals surface area contributed by atoms with Crippen molar-refractivity contribution in [2.24, 2.45) is 5.41 Å². The SMILES string of the molecule is CC1(C(=O)O)C=C(Nc2ccc(Br)cc2Cl)C(F)=C(C(=O)O)C1. The van der Waals surface area contributed by atoms with Crippen molar-refractivity contribution < 1.29 is 24.2 Å². The maximum Gasteiger partial charge on any atom is 0.334 e. The first-order chi connectivity index (χ1) is 10.6. The van der Waals surface area contributed by atoms with Gasteiger partial charge in [0.25, 0.3) is 0 Å². The van der Waals surface area contributed by atoms with Crippen LogP contribution >= 0.6 is 27.5 Å². The van der Waals surface area contributed by atoms with Crippen molar-refractivity contribution in [3.63, 3.8) is 0 Å². The minimum absolute atomic E-state index is 0.234. The van der Waals surface area contributed by atoms with Crippen LogP contribution in [-0.2, 0) is 9.59 Å². The van der Waals surface area contributed by atoms with Crippen LogP contribution < -0.4 is 5.32 Å². The zero-order valence-electron chi connectivity index (χ0n) is 11.9. The van der Waals surface area contributed by atoms with Crippen LogP contribution in [0.5, 0.6) is 0 Å². The fourth-order valence-corrected chi connectivity index (χ4v) is 2.89. The Bertz CT molecular complexity index is 762. The van der Waals surface area contributed by atoms with E-state index in [1.807, 2.05) is 0 Å². The van der Waals surface area contributed by atoms with Crippen molar-refractivity contribution in [1.82, 2.24) is 0 Å². The van der Waals surface area contributed by atoms with Gasteiger partial charge >= 0.3 is 11.9 Å². The molecule has 0 fully saturated rings. The summed E-state index contributed by atoms with van der Waals surface area (Å²) in [5.74, 6) is -3.75. The van der Waals surface area contributed by atoms with Crippen LogP contribution in [-0.4, -0.2) is 22.2 Å². The van der Waals surface area contributed by atoms with E-state index >= 15 is 0 Å². The highest BCUT2D eigenvalue weighted by atomic mass is 79.9. The monoisotopic (exact) mass is 403 g/mol. The quantitative estimate of drug-likeness (QED) is 0.700. The lowest BCUT2D eigenvalue weighted by molar-refractivity contribution is -0.145. The molecular weight excluding hydrogens is 393 g/mol. The van der Waals surface area contributed by atoms with Gasteiger partial charge < -0.3 is 15.5 Å². The van der Waals surface area contributed by atoms with Gasteiger partial charge in [-0.3, -0.25) is 4.79 Å². The van der Waals surface area contributed by atoms with E-state index in [0.29, 0.717) is 10.2 Å². The molecule has 0 bridgehead atoms. The molecule has 1 aliphatic carbocycles. The number of halogens is 3. The predicted molar refractivity (Wildman–Crippen MR) is 87.0 cm³/mol. The Labute approximate surface area is 144 Å². The van der Waals surface area contributed by atoms with E-state index < -0.39 is 35.2 Å². The number of nitrogens with one attached hydrogen (secondary N) is 1. The summed E-state index contributed by atoms with van der Waals surface area (Å²) in [6.07, 6.45) is 0.720. The Hall–Kier alpha value is -1.86.